The lowest BCUT2D eigenvalue weighted by atomic mass is 10.1. The Kier molecular flexibility index (Phi) is 7.32. The number of amides is 1. The summed E-state index contributed by atoms with van der Waals surface area (Å²) in [6, 6.07) is 2.81. The first-order chi connectivity index (χ1) is 9.11. The molecule has 0 spiro atoms. The second-order valence-corrected chi connectivity index (χ2v) is 6.58. The van der Waals surface area contributed by atoms with Gasteiger partial charge in [0.2, 0.25) is 15.9 Å². The zero-order chi connectivity index (χ0) is 15.5. The van der Waals surface area contributed by atoms with E-state index < -0.39 is 10.0 Å². The van der Waals surface area contributed by atoms with Crippen molar-refractivity contribution >= 4 is 34.0 Å². The Bertz CT molecular complexity index is 615. The van der Waals surface area contributed by atoms with Gasteiger partial charge >= 0.3 is 0 Å². The molecule has 5 N–H and O–H groups in total. The first-order valence-electron chi connectivity index (χ1n) is 6.30. The molecule has 6 nitrogen and oxygen atoms in total. The molecule has 1 aromatic rings. The average molecular weight is 336 g/mol. The maximum atomic E-state index is 11.8. The van der Waals surface area contributed by atoms with Crippen LogP contribution in [0.4, 0.5) is 5.69 Å². The molecule has 0 aliphatic rings. The van der Waals surface area contributed by atoms with Gasteiger partial charge in [0.05, 0.1) is 4.90 Å². The van der Waals surface area contributed by atoms with Gasteiger partial charge < -0.3 is 11.1 Å². The molecule has 1 aromatic carbocycles. The quantitative estimate of drug-likeness (QED) is 0.755. The fraction of sp³-hybridized carbons (Fsp3) is 0.462. The molecule has 120 valence electrons. The molecule has 0 bridgehead atoms. The molecule has 0 heterocycles. The number of anilines is 1. The van der Waals surface area contributed by atoms with E-state index in [1.165, 1.54) is 12.1 Å². The number of nitrogens with one attached hydrogen (secondary N) is 1. The highest BCUT2D eigenvalue weighted by Gasteiger charge is 2.14. The zero-order valence-corrected chi connectivity index (χ0v) is 14.0. The van der Waals surface area contributed by atoms with Gasteiger partial charge in [-0.15, -0.1) is 12.4 Å². The van der Waals surface area contributed by atoms with Crippen LogP contribution in [0.3, 0.4) is 0 Å². The number of halogens is 1. The van der Waals surface area contributed by atoms with Crippen molar-refractivity contribution in [1.29, 1.82) is 0 Å². The molecule has 0 saturated heterocycles. The Morgan fingerprint density at radius 3 is 2.38 bits per heavy atom. The smallest absolute Gasteiger partial charge is 0.238 e. The van der Waals surface area contributed by atoms with Crippen LogP contribution in [0.15, 0.2) is 17.0 Å². The van der Waals surface area contributed by atoms with E-state index in [1.54, 1.807) is 6.92 Å². The predicted molar refractivity (Wildman–Crippen MR) is 86.1 cm³/mol. The van der Waals surface area contributed by atoms with Crippen molar-refractivity contribution in [3.63, 3.8) is 0 Å². The van der Waals surface area contributed by atoms with Gasteiger partial charge in [0, 0.05) is 18.2 Å². The minimum Gasteiger partial charge on any atom is -0.328 e. The average Bonchev–Trinajstić information content (AvgIpc) is 2.30. The number of hydrogen-bond acceptors (Lipinski definition) is 4. The highest BCUT2D eigenvalue weighted by atomic mass is 35.5. The van der Waals surface area contributed by atoms with Crippen LogP contribution in [-0.2, 0) is 14.8 Å². The fourth-order valence-corrected chi connectivity index (χ4v) is 2.31. The van der Waals surface area contributed by atoms with Gasteiger partial charge in [-0.1, -0.05) is 0 Å². The van der Waals surface area contributed by atoms with Crippen molar-refractivity contribution in [3.05, 3.63) is 23.3 Å². The second kappa shape index (κ2) is 7.74. The summed E-state index contributed by atoms with van der Waals surface area (Å²) < 4.78 is 22.8. The standard InChI is InChI=1S/C13H21N3O3S.ClH/c1-8-6-11(20(15,18)19)7-12(10(8)3)16-13(17)5-4-9(2)14;/h6-7,9H,4-5,14H2,1-3H3,(H,16,17)(H2,15,18,19);1H. The van der Waals surface area contributed by atoms with Gasteiger partial charge in [-0.2, -0.15) is 0 Å². The molecule has 21 heavy (non-hydrogen) atoms. The summed E-state index contributed by atoms with van der Waals surface area (Å²) in [6.45, 7) is 5.40. The fourth-order valence-electron chi connectivity index (χ4n) is 1.69. The van der Waals surface area contributed by atoms with Crippen LogP contribution in [0.25, 0.3) is 0 Å². The first-order valence-corrected chi connectivity index (χ1v) is 7.85. The maximum absolute atomic E-state index is 11.8. The SMILES string of the molecule is Cc1cc(S(N)(=O)=O)cc(NC(=O)CCC(C)N)c1C.Cl. The second-order valence-electron chi connectivity index (χ2n) is 5.02. The minimum absolute atomic E-state index is 0. The predicted octanol–water partition coefficient (Wildman–Crippen LogP) is 1.44. The summed E-state index contributed by atoms with van der Waals surface area (Å²) in [4.78, 5) is 11.8. The van der Waals surface area contributed by atoms with E-state index in [0.29, 0.717) is 12.1 Å². The number of primary sulfonamides is 1. The lowest BCUT2D eigenvalue weighted by Gasteiger charge is -2.13. The van der Waals surface area contributed by atoms with Gasteiger partial charge in [-0.25, -0.2) is 13.6 Å². The Morgan fingerprint density at radius 2 is 1.90 bits per heavy atom. The molecule has 1 rings (SSSR count). The van der Waals surface area contributed by atoms with Gasteiger partial charge in [0.1, 0.15) is 0 Å². The van der Waals surface area contributed by atoms with Crippen LogP contribution in [0.2, 0.25) is 0 Å². The largest absolute Gasteiger partial charge is 0.328 e. The number of benzene rings is 1. The summed E-state index contributed by atoms with van der Waals surface area (Å²) in [5.41, 5.74) is 7.62. The van der Waals surface area contributed by atoms with E-state index in [0.717, 1.165) is 11.1 Å². The van der Waals surface area contributed by atoms with E-state index in [1.807, 2.05) is 13.8 Å². The first kappa shape index (κ1) is 19.9. The molecule has 1 unspecified atom stereocenters. The molecule has 0 aliphatic heterocycles. The van der Waals surface area contributed by atoms with Crippen molar-refractivity contribution in [1.82, 2.24) is 0 Å². The highest BCUT2D eigenvalue weighted by molar-refractivity contribution is 7.89. The maximum Gasteiger partial charge on any atom is 0.238 e. The number of rotatable bonds is 5. The van der Waals surface area contributed by atoms with E-state index >= 15 is 0 Å². The number of carbonyl (C=O) groups is 1. The van der Waals surface area contributed by atoms with Crippen molar-refractivity contribution in [2.75, 3.05) is 5.32 Å². The third-order valence-corrected chi connectivity index (χ3v) is 3.96. The summed E-state index contributed by atoms with van der Waals surface area (Å²) in [5.74, 6) is -0.198. The lowest BCUT2D eigenvalue weighted by Crippen LogP contribution is -2.20. The van der Waals surface area contributed by atoms with Crippen LogP contribution >= 0.6 is 12.4 Å². The monoisotopic (exact) mass is 335 g/mol. The molecule has 0 radical (unpaired) electrons. The van der Waals surface area contributed by atoms with Gasteiger partial charge in [0.15, 0.2) is 0 Å². The normalized spacial score (nSPS) is 12.4. The van der Waals surface area contributed by atoms with Crippen LogP contribution < -0.4 is 16.2 Å². The van der Waals surface area contributed by atoms with Crippen LogP contribution in [0, 0.1) is 13.8 Å². The number of nitrogens with two attached hydrogens (primary N) is 2. The summed E-state index contributed by atoms with van der Waals surface area (Å²) >= 11 is 0. The van der Waals surface area contributed by atoms with E-state index in [9.17, 15) is 13.2 Å². The molecular formula is C13H22ClN3O3S. The van der Waals surface area contributed by atoms with E-state index in [2.05, 4.69) is 5.32 Å². The van der Waals surface area contributed by atoms with Crippen LogP contribution in [0.1, 0.15) is 30.9 Å². The van der Waals surface area contributed by atoms with Gasteiger partial charge in [-0.05, 0) is 50.5 Å². The summed E-state index contributed by atoms with van der Waals surface area (Å²) in [5, 5.41) is 7.82. The molecular weight excluding hydrogens is 314 g/mol. The van der Waals surface area contributed by atoms with Crippen molar-refractivity contribution < 1.29 is 13.2 Å². The van der Waals surface area contributed by atoms with Crippen LogP contribution in [-0.4, -0.2) is 20.4 Å². The molecule has 0 aliphatic carbocycles. The van der Waals surface area contributed by atoms with E-state index in [-0.39, 0.29) is 35.7 Å². The van der Waals surface area contributed by atoms with Crippen molar-refractivity contribution in [3.8, 4) is 0 Å². The molecule has 1 atom stereocenters. The van der Waals surface area contributed by atoms with Crippen molar-refractivity contribution in [2.45, 2.75) is 44.6 Å². The Labute approximate surface area is 131 Å². The minimum atomic E-state index is -3.80. The number of carbonyl (C=O) groups excluding carboxylic acids is 1. The third kappa shape index (κ3) is 6.01. The Balaban J connectivity index is 0.00000400. The summed E-state index contributed by atoms with van der Waals surface area (Å²) in [6.07, 6.45) is 0.856. The molecule has 0 aromatic heterocycles. The Hall–Kier alpha value is -1.15. The molecule has 0 saturated carbocycles. The topological polar surface area (TPSA) is 115 Å². The van der Waals surface area contributed by atoms with Gasteiger partial charge in [-0.3, -0.25) is 4.79 Å². The number of hydrogen-bond donors (Lipinski definition) is 3. The molecule has 0 fully saturated rings. The van der Waals surface area contributed by atoms with Crippen molar-refractivity contribution in [2.24, 2.45) is 10.9 Å². The lowest BCUT2D eigenvalue weighted by molar-refractivity contribution is -0.116. The number of sulfonamides is 1. The van der Waals surface area contributed by atoms with E-state index in [4.69, 9.17) is 10.9 Å². The Morgan fingerprint density at radius 1 is 1.33 bits per heavy atom. The molecule has 1 amide bonds. The summed E-state index contributed by atoms with van der Waals surface area (Å²) in [7, 11) is -3.80. The zero-order valence-electron chi connectivity index (χ0n) is 12.3. The van der Waals surface area contributed by atoms with Gasteiger partial charge in [0.25, 0.3) is 0 Å². The third-order valence-electron chi connectivity index (χ3n) is 3.07. The number of aryl methyl sites for hydroxylation is 1. The highest BCUT2D eigenvalue weighted by Crippen LogP contribution is 2.23. The van der Waals surface area contributed by atoms with Crippen LogP contribution in [0.5, 0.6) is 0 Å². The molecule has 8 heteroatoms.